The number of amides is 1. The summed E-state index contributed by atoms with van der Waals surface area (Å²) in [4.78, 5) is 26.1. The lowest BCUT2D eigenvalue weighted by atomic mass is 10.0. The number of nitrogens with one attached hydrogen (secondary N) is 1. The molecule has 6 rings (SSSR count). The average molecular weight is 512 g/mol. The van der Waals surface area contributed by atoms with Crippen LogP contribution in [0, 0.1) is 0 Å². The molecule has 2 aliphatic heterocycles. The number of piperidine rings is 1. The van der Waals surface area contributed by atoms with Gasteiger partial charge in [0, 0.05) is 36.6 Å². The van der Waals surface area contributed by atoms with Gasteiger partial charge in [-0.3, -0.25) is 4.79 Å². The van der Waals surface area contributed by atoms with Crippen LogP contribution < -0.4 is 19.9 Å². The van der Waals surface area contributed by atoms with Crippen molar-refractivity contribution >= 4 is 50.5 Å². The van der Waals surface area contributed by atoms with Gasteiger partial charge in [-0.2, -0.15) is 4.98 Å². The summed E-state index contributed by atoms with van der Waals surface area (Å²) in [6, 6.07) is 16.2. The van der Waals surface area contributed by atoms with Gasteiger partial charge in [-0.05, 0) is 86.0 Å². The van der Waals surface area contributed by atoms with Crippen LogP contribution in [0.1, 0.15) is 31.2 Å². The van der Waals surface area contributed by atoms with Gasteiger partial charge in [0.05, 0.1) is 11.2 Å². The molecule has 37 heavy (non-hydrogen) atoms. The highest BCUT2D eigenvalue weighted by Crippen LogP contribution is 2.39. The van der Waals surface area contributed by atoms with Crippen molar-refractivity contribution in [3.05, 3.63) is 72.1 Å². The Hall–Kier alpha value is -3.91. The lowest BCUT2D eigenvalue weighted by molar-refractivity contribution is -0.114. The Kier molecular flexibility index (Phi) is 6.49. The molecule has 1 N–H and O–H groups in total. The van der Waals surface area contributed by atoms with Crippen LogP contribution in [0.3, 0.4) is 0 Å². The number of hydrogen-bond donors (Lipinski definition) is 1. The summed E-state index contributed by atoms with van der Waals surface area (Å²) in [5.41, 5.74) is 4.89. The van der Waals surface area contributed by atoms with Crippen LogP contribution in [0.2, 0.25) is 0 Å². The molecule has 2 aliphatic rings. The molecule has 0 unspecified atom stereocenters. The summed E-state index contributed by atoms with van der Waals surface area (Å²) in [5, 5.41) is 5.35. The first-order valence-electron chi connectivity index (χ1n) is 12.8. The summed E-state index contributed by atoms with van der Waals surface area (Å²) in [6.45, 7) is 6.57. The Morgan fingerprint density at radius 3 is 2.65 bits per heavy atom. The van der Waals surface area contributed by atoms with Crippen molar-refractivity contribution < 1.29 is 9.53 Å². The fourth-order valence-electron chi connectivity index (χ4n) is 5.13. The number of ether oxygens (including phenoxy) is 1. The Labute approximate surface area is 220 Å². The number of rotatable bonds is 6. The van der Waals surface area contributed by atoms with Crippen LogP contribution in [0.5, 0.6) is 11.6 Å². The Morgan fingerprint density at radius 2 is 1.84 bits per heavy atom. The largest absolute Gasteiger partial charge is 0.437 e. The van der Waals surface area contributed by atoms with Crippen LogP contribution in [0.15, 0.2) is 66.6 Å². The topological polar surface area (TPSA) is 70.6 Å². The molecule has 1 amide bonds. The van der Waals surface area contributed by atoms with Gasteiger partial charge < -0.3 is 19.9 Å². The van der Waals surface area contributed by atoms with E-state index in [2.05, 4.69) is 41.1 Å². The third-order valence-corrected chi connectivity index (χ3v) is 7.86. The third-order valence-electron chi connectivity index (χ3n) is 6.97. The average Bonchev–Trinajstić information content (AvgIpc) is 3.42. The molecule has 7 nitrogen and oxygen atoms in total. The smallest absolute Gasteiger partial charge is 0.250 e. The van der Waals surface area contributed by atoms with E-state index in [1.807, 2.05) is 29.6 Å². The molecule has 0 aliphatic carbocycles. The van der Waals surface area contributed by atoms with E-state index in [-0.39, 0.29) is 5.91 Å². The maximum Gasteiger partial charge on any atom is 0.250 e. The summed E-state index contributed by atoms with van der Waals surface area (Å²) in [7, 11) is 0. The van der Waals surface area contributed by atoms with Crippen LogP contribution in [0.25, 0.3) is 10.2 Å². The number of nitrogens with zero attached hydrogens (tertiary/aromatic N) is 4. The minimum absolute atomic E-state index is 0.0985. The van der Waals surface area contributed by atoms with Crippen molar-refractivity contribution in [1.82, 2.24) is 9.97 Å². The van der Waals surface area contributed by atoms with Gasteiger partial charge in [-0.1, -0.05) is 12.6 Å². The van der Waals surface area contributed by atoms with Crippen molar-refractivity contribution in [1.29, 1.82) is 0 Å². The van der Waals surface area contributed by atoms with Gasteiger partial charge in [-0.25, -0.2) is 4.98 Å². The van der Waals surface area contributed by atoms with Gasteiger partial charge in [-0.15, -0.1) is 11.3 Å². The predicted octanol–water partition coefficient (Wildman–Crippen LogP) is 6.68. The second-order valence-electron chi connectivity index (χ2n) is 9.36. The van der Waals surface area contributed by atoms with E-state index in [1.165, 1.54) is 31.0 Å². The summed E-state index contributed by atoms with van der Waals surface area (Å²) < 4.78 is 7.32. The normalized spacial score (nSPS) is 15.4. The van der Waals surface area contributed by atoms with E-state index < -0.39 is 0 Å². The first-order valence-corrected chi connectivity index (χ1v) is 13.7. The molecule has 0 atom stereocenters. The van der Waals surface area contributed by atoms with Gasteiger partial charge in [0.15, 0.2) is 0 Å². The maximum atomic E-state index is 12.4. The van der Waals surface area contributed by atoms with E-state index in [0.717, 1.165) is 53.1 Å². The van der Waals surface area contributed by atoms with E-state index in [1.54, 1.807) is 16.2 Å². The zero-order valence-corrected chi connectivity index (χ0v) is 21.5. The zero-order chi connectivity index (χ0) is 25.2. The van der Waals surface area contributed by atoms with E-state index in [4.69, 9.17) is 14.7 Å². The number of anilines is 4. The van der Waals surface area contributed by atoms with Crippen molar-refractivity contribution in [3.8, 4) is 11.6 Å². The van der Waals surface area contributed by atoms with Crippen LogP contribution in [-0.2, 0) is 11.2 Å². The molecule has 0 saturated carbocycles. The standard InChI is InChI=1S/C29H29N5O2S/c1-2-26(35)34-18-7-8-22-24(34)9-6-10-25(22)36-28-27-23(15-19-37-27)31-29(32-28)30-20-11-13-21(14-12-20)33-16-4-3-5-17-33/h2,6,9-15,19H,1,3-5,7-8,16-18H2,(H,30,31,32). The highest BCUT2D eigenvalue weighted by atomic mass is 32.1. The number of aromatic nitrogens is 2. The predicted molar refractivity (Wildman–Crippen MR) is 151 cm³/mol. The molecule has 0 radical (unpaired) electrons. The fourth-order valence-corrected chi connectivity index (χ4v) is 5.89. The minimum atomic E-state index is -0.0985. The maximum absolute atomic E-state index is 12.4. The molecular weight excluding hydrogens is 482 g/mol. The quantitative estimate of drug-likeness (QED) is 0.291. The molecule has 188 valence electrons. The molecular formula is C29H29N5O2S. The molecule has 0 bridgehead atoms. The van der Waals surface area contributed by atoms with Crippen molar-refractivity contribution in [2.24, 2.45) is 0 Å². The van der Waals surface area contributed by atoms with Crippen molar-refractivity contribution in [3.63, 3.8) is 0 Å². The zero-order valence-electron chi connectivity index (χ0n) is 20.7. The van der Waals surface area contributed by atoms with Gasteiger partial charge >= 0.3 is 0 Å². The molecule has 1 fully saturated rings. The second kappa shape index (κ2) is 10.2. The Balaban J connectivity index is 1.28. The Bertz CT molecular complexity index is 1440. The van der Waals surface area contributed by atoms with E-state index in [9.17, 15) is 4.79 Å². The first-order chi connectivity index (χ1) is 18.2. The monoisotopic (exact) mass is 511 g/mol. The van der Waals surface area contributed by atoms with Crippen molar-refractivity contribution in [2.75, 3.05) is 34.8 Å². The third kappa shape index (κ3) is 4.76. The van der Waals surface area contributed by atoms with Gasteiger partial charge in [0.25, 0.3) is 0 Å². The van der Waals surface area contributed by atoms with Gasteiger partial charge in [0.2, 0.25) is 17.7 Å². The molecule has 4 aromatic rings. The fraction of sp³-hybridized carbons (Fsp3) is 0.276. The summed E-state index contributed by atoms with van der Waals surface area (Å²) in [5.74, 6) is 1.61. The number of carbonyl (C=O) groups excluding carboxylic acids is 1. The van der Waals surface area contributed by atoms with Crippen LogP contribution in [0.4, 0.5) is 23.0 Å². The second-order valence-corrected chi connectivity index (χ2v) is 10.3. The lowest BCUT2D eigenvalue weighted by Crippen LogP contribution is -2.34. The first kappa shape index (κ1) is 23.5. The SMILES string of the molecule is C=CC(=O)N1CCCc2c(Oc3nc(Nc4ccc(N5CCCCC5)cc4)nc4ccsc34)cccc21. The number of thiophene rings is 1. The summed E-state index contributed by atoms with van der Waals surface area (Å²) in [6.07, 6.45) is 6.89. The van der Waals surface area contributed by atoms with Crippen molar-refractivity contribution in [2.45, 2.75) is 32.1 Å². The molecule has 4 heterocycles. The Morgan fingerprint density at radius 1 is 1.00 bits per heavy atom. The van der Waals surface area contributed by atoms with Gasteiger partial charge in [0.1, 0.15) is 10.4 Å². The molecule has 2 aromatic carbocycles. The molecule has 2 aromatic heterocycles. The number of carbonyl (C=O) groups is 1. The van der Waals surface area contributed by atoms with E-state index in [0.29, 0.717) is 24.1 Å². The number of benzene rings is 2. The van der Waals surface area contributed by atoms with Crippen LogP contribution in [-0.4, -0.2) is 35.5 Å². The highest BCUT2D eigenvalue weighted by Gasteiger charge is 2.24. The minimum Gasteiger partial charge on any atom is -0.437 e. The summed E-state index contributed by atoms with van der Waals surface area (Å²) >= 11 is 1.55. The molecule has 1 saturated heterocycles. The molecule has 0 spiro atoms. The van der Waals surface area contributed by atoms with E-state index >= 15 is 0 Å². The highest BCUT2D eigenvalue weighted by molar-refractivity contribution is 7.17. The number of hydrogen-bond acceptors (Lipinski definition) is 7. The lowest BCUT2D eigenvalue weighted by Gasteiger charge is -2.29. The van der Waals surface area contributed by atoms with Crippen LogP contribution >= 0.6 is 11.3 Å². The molecule has 8 heteroatoms. The number of fused-ring (bicyclic) bond motifs is 2.